The Hall–Kier alpha value is -1.59. The zero-order valence-electron chi connectivity index (χ0n) is 26.5. The highest BCUT2D eigenvalue weighted by Gasteiger charge is 2.79. The Labute approximate surface area is 261 Å². The second-order valence-electron chi connectivity index (χ2n) is 16.4. The van der Waals surface area contributed by atoms with E-state index < -0.39 is 52.8 Å². The average molecular weight is 641 g/mol. The molecule has 45 heavy (non-hydrogen) atoms. The van der Waals surface area contributed by atoms with Crippen LogP contribution in [-0.2, 0) is 19.6 Å². The van der Waals surface area contributed by atoms with Gasteiger partial charge in [0.15, 0.2) is 5.79 Å². The molecule has 2 N–H and O–H groups in total. The Bertz CT molecular complexity index is 1370. The summed E-state index contributed by atoms with van der Waals surface area (Å²) in [5, 5.41) is 23.9. The summed E-state index contributed by atoms with van der Waals surface area (Å²) < 4.78 is 90.4. The smallest absolute Gasteiger partial charge is 0.385 e. The van der Waals surface area contributed by atoms with E-state index in [2.05, 4.69) is 20.8 Å². The van der Waals surface area contributed by atoms with Crippen LogP contribution in [0.2, 0.25) is 0 Å². The number of halogens is 5. The van der Waals surface area contributed by atoms with E-state index in [1.165, 1.54) is 6.92 Å². The Morgan fingerprint density at radius 1 is 0.822 bits per heavy atom. The van der Waals surface area contributed by atoms with Crippen LogP contribution in [0.4, 0.5) is 22.0 Å². The van der Waals surface area contributed by atoms with Crippen LogP contribution in [0, 0.1) is 22.7 Å². The first-order valence-electron chi connectivity index (χ1n) is 16.4. The summed E-state index contributed by atoms with van der Waals surface area (Å²) >= 11 is 0. The lowest BCUT2D eigenvalue weighted by atomic mass is 9.49. The van der Waals surface area contributed by atoms with Crippen molar-refractivity contribution in [3.05, 3.63) is 46.5 Å². The van der Waals surface area contributed by atoms with Crippen LogP contribution in [0.15, 0.2) is 35.4 Å². The predicted molar refractivity (Wildman–Crippen MR) is 156 cm³/mol. The van der Waals surface area contributed by atoms with Crippen molar-refractivity contribution in [1.82, 2.24) is 0 Å². The fourth-order valence-corrected chi connectivity index (χ4v) is 10.00. The van der Waals surface area contributed by atoms with Crippen molar-refractivity contribution < 1.29 is 46.4 Å². The van der Waals surface area contributed by atoms with Crippen molar-refractivity contribution >= 4 is 0 Å². The van der Waals surface area contributed by atoms with Gasteiger partial charge in [0.1, 0.15) is 5.60 Å². The standard InChI is InChI=1S/C35H45F5O5/c1-28(2)17-44-32(45-18-28)13-10-26-27-23(9-12-31(26,41)16-32)25-11-14-33(42,34(36,37)35(38,39)40)30(25,4)15-24(27)21-5-7-22(8-6-21)29(3)19-43-20-29/h5-8,23-25,41-42H,9-20H2,1-4H3/t23?,24-,25?,30+,31?,33+/m1/s1. The summed E-state index contributed by atoms with van der Waals surface area (Å²) in [6, 6.07) is 7.88. The largest absolute Gasteiger partial charge is 0.456 e. The second kappa shape index (κ2) is 9.74. The SMILES string of the molecule is CC1(C)COC2(CCC3=C4C(CCC3(O)C2)C2CC[C@@](O)(C(F)(F)C(F)(F)F)[C@@]2(C)C[C@@H]4c2ccc(C3(C)COC3)cc2)OC1. The highest BCUT2D eigenvalue weighted by atomic mass is 19.4. The fourth-order valence-electron chi connectivity index (χ4n) is 10.00. The van der Waals surface area contributed by atoms with E-state index in [9.17, 15) is 23.4 Å². The quantitative estimate of drug-likeness (QED) is 0.270. The van der Waals surface area contributed by atoms with E-state index in [0.29, 0.717) is 52.1 Å². The zero-order valence-corrected chi connectivity index (χ0v) is 26.5. The molecule has 6 atom stereocenters. The van der Waals surface area contributed by atoms with Gasteiger partial charge in [-0.05, 0) is 67.1 Å². The monoisotopic (exact) mass is 640 g/mol. The summed E-state index contributed by atoms with van der Waals surface area (Å²) in [5.41, 5.74) is -2.77. The van der Waals surface area contributed by atoms with Crippen molar-refractivity contribution in [1.29, 1.82) is 0 Å². The lowest BCUT2D eigenvalue weighted by Gasteiger charge is -2.59. The van der Waals surface area contributed by atoms with Gasteiger partial charge >= 0.3 is 12.1 Å². The molecule has 5 nitrogen and oxygen atoms in total. The first-order chi connectivity index (χ1) is 20.8. The van der Waals surface area contributed by atoms with Crippen LogP contribution in [0.5, 0.6) is 0 Å². The molecule has 2 saturated heterocycles. The third-order valence-electron chi connectivity index (χ3n) is 12.7. The van der Waals surface area contributed by atoms with Gasteiger partial charge in [-0.2, -0.15) is 22.0 Å². The number of hydrogen-bond donors (Lipinski definition) is 2. The van der Waals surface area contributed by atoms with Crippen LogP contribution >= 0.6 is 0 Å². The van der Waals surface area contributed by atoms with E-state index >= 15 is 8.78 Å². The molecule has 2 heterocycles. The summed E-state index contributed by atoms with van der Waals surface area (Å²) in [6.45, 7) is 9.85. The predicted octanol–water partition coefficient (Wildman–Crippen LogP) is 7.20. The third kappa shape index (κ3) is 4.47. The lowest BCUT2D eigenvalue weighted by Crippen LogP contribution is -2.65. The molecule has 10 heteroatoms. The van der Waals surface area contributed by atoms with Crippen molar-refractivity contribution in [2.24, 2.45) is 22.7 Å². The molecule has 1 spiro atoms. The van der Waals surface area contributed by atoms with Gasteiger partial charge < -0.3 is 24.4 Å². The van der Waals surface area contributed by atoms with Gasteiger partial charge in [-0.15, -0.1) is 0 Å². The van der Waals surface area contributed by atoms with Gasteiger partial charge in [-0.1, -0.05) is 57.5 Å². The first-order valence-corrected chi connectivity index (χ1v) is 16.4. The number of allylic oxidation sites excluding steroid dienone is 1. The van der Waals surface area contributed by atoms with Crippen LogP contribution in [0.25, 0.3) is 0 Å². The van der Waals surface area contributed by atoms with Crippen LogP contribution in [0.3, 0.4) is 0 Å². The van der Waals surface area contributed by atoms with Crippen molar-refractivity contribution in [2.45, 2.75) is 119 Å². The molecule has 0 amide bonds. The van der Waals surface area contributed by atoms with E-state index in [-0.39, 0.29) is 36.0 Å². The molecular formula is C35H45F5O5. The van der Waals surface area contributed by atoms with Gasteiger partial charge in [-0.25, -0.2) is 0 Å². The molecule has 3 unspecified atom stereocenters. The van der Waals surface area contributed by atoms with Gasteiger partial charge in [0.2, 0.25) is 0 Å². The van der Waals surface area contributed by atoms with E-state index in [1.54, 1.807) is 0 Å². The molecule has 1 aromatic rings. The number of aliphatic hydroxyl groups is 2. The Morgan fingerprint density at radius 2 is 1.47 bits per heavy atom. The summed E-state index contributed by atoms with van der Waals surface area (Å²) in [6.07, 6.45) is -4.50. The number of hydrogen-bond acceptors (Lipinski definition) is 5. The molecule has 1 aromatic carbocycles. The highest BCUT2D eigenvalue weighted by Crippen LogP contribution is 2.71. The van der Waals surface area contributed by atoms with Crippen LogP contribution in [-0.4, -0.2) is 65.7 Å². The molecule has 7 rings (SSSR count). The summed E-state index contributed by atoms with van der Waals surface area (Å²) in [7, 11) is 0. The van der Waals surface area contributed by atoms with Crippen molar-refractivity contribution in [2.75, 3.05) is 26.4 Å². The van der Waals surface area contributed by atoms with Crippen molar-refractivity contribution in [3.8, 4) is 0 Å². The van der Waals surface area contributed by atoms with Gasteiger partial charge in [0.25, 0.3) is 0 Å². The Kier molecular flexibility index (Phi) is 6.92. The number of alkyl halides is 5. The maximum Gasteiger partial charge on any atom is 0.456 e. The third-order valence-corrected chi connectivity index (χ3v) is 12.7. The molecule has 5 fully saturated rings. The number of rotatable bonds is 3. The molecule has 4 aliphatic carbocycles. The molecule has 0 aromatic heterocycles. The molecule has 0 bridgehead atoms. The second-order valence-corrected chi connectivity index (χ2v) is 16.4. The van der Waals surface area contributed by atoms with Crippen LogP contribution < -0.4 is 0 Å². The minimum atomic E-state index is -5.88. The molecule has 6 aliphatic rings. The topological polar surface area (TPSA) is 68.2 Å². The van der Waals surface area contributed by atoms with Gasteiger partial charge in [0, 0.05) is 35.0 Å². The minimum Gasteiger partial charge on any atom is -0.385 e. The summed E-state index contributed by atoms with van der Waals surface area (Å²) in [5.74, 6) is -7.63. The number of ether oxygens (including phenoxy) is 3. The first kappa shape index (κ1) is 32.0. The maximum absolute atomic E-state index is 15.3. The van der Waals surface area contributed by atoms with E-state index in [0.717, 1.165) is 22.3 Å². The Morgan fingerprint density at radius 3 is 2.04 bits per heavy atom. The zero-order chi connectivity index (χ0) is 32.5. The Balaban J connectivity index is 1.32. The normalized spacial score (nSPS) is 40.4. The maximum atomic E-state index is 15.3. The number of benzene rings is 1. The summed E-state index contributed by atoms with van der Waals surface area (Å²) in [4.78, 5) is 0. The van der Waals surface area contributed by atoms with Crippen molar-refractivity contribution in [3.63, 3.8) is 0 Å². The lowest BCUT2D eigenvalue weighted by molar-refractivity contribution is -0.362. The molecule has 0 radical (unpaired) electrons. The van der Waals surface area contributed by atoms with Gasteiger partial charge in [0.05, 0.1) is 32.0 Å². The molecule has 2 aliphatic heterocycles. The molecule has 250 valence electrons. The van der Waals surface area contributed by atoms with Gasteiger partial charge in [-0.3, -0.25) is 0 Å². The minimum absolute atomic E-state index is 0.0633. The molecule has 3 saturated carbocycles. The highest BCUT2D eigenvalue weighted by molar-refractivity contribution is 5.45. The van der Waals surface area contributed by atoms with Crippen LogP contribution in [0.1, 0.15) is 96.1 Å². The van der Waals surface area contributed by atoms with E-state index in [4.69, 9.17) is 14.2 Å². The average Bonchev–Trinajstić information content (AvgIpc) is 3.23. The molecular weight excluding hydrogens is 595 g/mol. The van der Waals surface area contributed by atoms with E-state index in [1.807, 2.05) is 24.3 Å². The fraction of sp³-hybridized carbons (Fsp3) is 0.771. The number of fused-ring (bicyclic) bond motifs is 4.